The summed E-state index contributed by atoms with van der Waals surface area (Å²) in [6.07, 6.45) is 9.36. The predicted molar refractivity (Wildman–Crippen MR) is 186 cm³/mol. The maximum Gasteiger partial charge on any atom is 2.00 e. The van der Waals surface area contributed by atoms with Crippen LogP contribution in [0.15, 0.2) is 94.7 Å². The molecule has 0 aromatic heterocycles. The monoisotopic (exact) mass is 738 g/mol. The van der Waals surface area contributed by atoms with E-state index < -0.39 is 20.2 Å². The molecular weight excluding hydrogens is 697 g/mol. The van der Waals surface area contributed by atoms with E-state index in [4.69, 9.17) is 9.47 Å². The summed E-state index contributed by atoms with van der Waals surface area (Å²) in [7, 11) is -8.79. The van der Waals surface area contributed by atoms with Crippen LogP contribution in [0.3, 0.4) is 0 Å². The molecule has 4 aromatic rings. The minimum absolute atomic E-state index is 0. The summed E-state index contributed by atoms with van der Waals surface area (Å²) >= 11 is 0. The van der Waals surface area contributed by atoms with Crippen molar-refractivity contribution < 1.29 is 45.6 Å². The normalized spacial score (nSPS) is 11.2. The van der Waals surface area contributed by atoms with Crippen molar-refractivity contribution in [1.82, 2.24) is 0 Å². The summed E-state index contributed by atoms with van der Waals surface area (Å²) in [5.41, 5.74) is 1.30. The summed E-state index contributed by atoms with van der Waals surface area (Å²) in [6, 6.07) is 21.1. The van der Waals surface area contributed by atoms with Crippen LogP contribution in [0.25, 0.3) is 0 Å². The molecule has 0 fully saturated rings. The molecule has 0 amide bonds. The largest absolute Gasteiger partial charge is 2.00 e. The van der Waals surface area contributed by atoms with Crippen molar-refractivity contribution >= 4 is 58.0 Å². The molecule has 2 N–H and O–H groups in total. The maximum atomic E-state index is 11.8. The Hall–Kier alpha value is -2.84. The average Bonchev–Trinajstić information content (AvgIpc) is 3.04. The Morgan fingerprint density at radius 2 is 1.08 bits per heavy atom. The molecule has 10 nitrogen and oxygen atoms in total. The van der Waals surface area contributed by atoms with Crippen molar-refractivity contribution in [1.29, 1.82) is 0 Å². The number of aryl methyl sites for hydroxylation is 2. The first-order valence-corrected chi connectivity index (χ1v) is 18.8. The zero-order chi connectivity index (χ0) is 35.2. The second-order valence-corrected chi connectivity index (χ2v) is 14.0. The van der Waals surface area contributed by atoms with E-state index in [2.05, 4.69) is 13.8 Å². The fourth-order valence-electron chi connectivity index (χ4n) is 4.82. The van der Waals surface area contributed by atoms with Gasteiger partial charge in [-0.15, -0.1) is 0 Å². The maximum absolute atomic E-state index is 11.8. The van der Waals surface area contributed by atoms with Gasteiger partial charge in [-0.25, -0.2) is 8.42 Å². The molecule has 0 aliphatic rings. The molecule has 13 heteroatoms. The van der Waals surface area contributed by atoms with Crippen LogP contribution in [0.4, 0.5) is 0 Å². The van der Waals surface area contributed by atoms with Gasteiger partial charge in [0.15, 0.2) is 11.5 Å². The van der Waals surface area contributed by atoms with Crippen molar-refractivity contribution in [3.63, 3.8) is 0 Å². The van der Waals surface area contributed by atoms with Crippen LogP contribution in [0.5, 0.6) is 34.5 Å². The third kappa shape index (κ3) is 14.1. The van der Waals surface area contributed by atoms with Gasteiger partial charge in [0.2, 0.25) is 0 Å². The molecule has 0 aliphatic heterocycles. The number of hydrogen-bond donors (Lipinski definition) is 2. The third-order valence-electron chi connectivity index (χ3n) is 7.40. The van der Waals surface area contributed by atoms with E-state index in [0.29, 0.717) is 41.2 Å². The molecule has 4 aromatic carbocycles. The fourth-order valence-corrected chi connectivity index (χ4v) is 5.87. The van der Waals surface area contributed by atoms with Gasteiger partial charge in [-0.3, -0.25) is 4.55 Å². The van der Waals surface area contributed by atoms with Crippen LogP contribution in [-0.4, -0.2) is 68.8 Å². The number of unbranched alkanes of at least 4 members (excludes halogenated alkanes) is 6. The number of phenols is 1. The van der Waals surface area contributed by atoms with Gasteiger partial charge in [-0.05, 0) is 91.4 Å². The van der Waals surface area contributed by atoms with Gasteiger partial charge in [0.1, 0.15) is 27.4 Å². The quantitative estimate of drug-likeness (QED) is 0.0657. The van der Waals surface area contributed by atoms with Crippen molar-refractivity contribution in [3.8, 4) is 34.5 Å². The van der Waals surface area contributed by atoms with Gasteiger partial charge in [-0.2, -0.15) is 8.42 Å². The SMILES string of the molecule is CCCCCCc1cc(S(=O)(=O)O)ccc1Oc1ccccc1O.CCCCCCc1cc(S(=O)(=O)[O-])ccc1Oc1ccccc1[O-].[Ca+2]. The van der Waals surface area contributed by atoms with Gasteiger partial charge in [0.05, 0.1) is 9.79 Å². The first-order chi connectivity index (χ1) is 22.8. The molecule has 0 atom stereocenters. The number of hydrogen-bond acceptors (Lipinski definition) is 9. The van der Waals surface area contributed by atoms with Crippen LogP contribution < -0.4 is 14.6 Å². The van der Waals surface area contributed by atoms with Crippen molar-refractivity contribution in [2.24, 2.45) is 0 Å². The fraction of sp³-hybridized carbons (Fsp3) is 0.333. The number of ether oxygens (including phenoxy) is 2. The smallest absolute Gasteiger partial charge is 0.870 e. The molecule has 0 radical (unpaired) electrons. The van der Waals surface area contributed by atoms with E-state index >= 15 is 0 Å². The van der Waals surface area contributed by atoms with Crippen LogP contribution in [0, 0.1) is 0 Å². The second-order valence-electron chi connectivity index (χ2n) is 11.2. The summed E-state index contributed by atoms with van der Waals surface area (Å²) < 4.78 is 77.1. The molecule has 0 heterocycles. The summed E-state index contributed by atoms with van der Waals surface area (Å²) in [5, 5.41) is 21.6. The summed E-state index contributed by atoms with van der Waals surface area (Å²) in [5.74, 6) is 1.10. The predicted octanol–water partition coefficient (Wildman–Crippen LogP) is 7.75. The van der Waals surface area contributed by atoms with Gasteiger partial charge in [0, 0.05) is 0 Å². The number of phenolic OH excluding ortho intramolecular Hbond substituents is 1. The molecule has 0 spiro atoms. The van der Waals surface area contributed by atoms with Gasteiger partial charge in [-0.1, -0.05) is 88.5 Å². The van der Waals surface area contributed by atoms with E-state index in [1.807, 2.05) is 0 Å². The third-order valence-corrected chi connectivity index (χ3v) is 9.08. The zero-order valence-corrected chi connectivity index (χ0v) is 31.7. The minimum atomic E-state index is -4.53. The van der Waals surface area contributed by atoms with Crippen LogP contribution >= 0.6 is 0 Å². The Bertz CT molecular complexity index is 1710. The Morgan fingerprint density at radius 1 is 0.612 bits per heavy atom. The Morgan fingerprint density at radius 3 is 1.57 bits per heavy atom. The molecular formula is C36H42CaO10S2. The molecule has 0 unspecified atom stereocenters. The van der Waals surface area contributed by atoms with Crippen molar-refractivity contribution in [2.75, 3.05) is 0 Å². The Kier molecular flexibility index (Phi) is 17.9. The van der Waals surface area contributed by atoms with Crippen LogP contribution in [0.1, 0.15) is 76.3 Å². The van der Waals surface area contributed by atoms with Crippen molar-refractivity contribution in [3.05, 3.63) is 96.1 Å². The number of benzene rings is 4. The topological polar surface area (TPSA) is 173 Å². The van der Waals surface area contributed by atoms with Crippen molar-refractivity contribution in [2.45, 2.75) is 87.8 Å². The summed E-state index contributed by atoms with van der Waals surface area (Å²) in [6.45, 7) is 4.22. The van der Waals surface area contributed by atoms with Gasteiger partial charge < -0.3 is 24.2 Å². The molecule has 260 valence electrons. The summed E-state index contributed by atoms with van der Waals surface area (Å²) in [4.78, 5) is -0.437. The Labute approximate surface area is 319 Å². The van der Waals surface area contributed by atoms with E-state index in [0.717, 1.165) is 51.4 Å². The first kappa shape index (κ1) is 42.3. The molecule has 0 bridgehead atoms. The van der Waals surface area contributed by atoms with Crippen LogP contribution in [0.2, 0.25) is 0 Å². The van der Waals surface area contributed by atoms with E-state index in [9.17, 15) is 36.2 Å². The standard InChI is InChI=1S/2C18H22O5S.Ca/c2*1-2-3-4-5-8-14-13-15(24(20,21)22)11-12-17(14)23-18-10-7-6-9-16(18)19;/h2*6-7,9-13,19H,2-5,8H2,1H3,(H,20,21,22);/q;;+2/p-2. The molecule has 4 rings (SSSR count). The van der Waals surface area contributed by atoms with E-state index in [-0.39, 0.29) is 64.8 Å². The van der Waals surface area contributed by atoms with Gasteiger partial charge >= 0.3 is 37.7 Å². The number of aromatic hydroxyl groups is 1. The Balaban J connectivity index is 0.000000333. The zero-order valence-electron chi connectivity index (χ0n) is 27.8. The molecule has 49 heavy (non-hydrogen) atoms. The first-order valence-electron chi connectivity index (χ1n) is 15.9. The van der Waals surface area contributed by atoms with Crippen LogP contribution in [-0.2, 0) is 33.1 Å². The minimum Gasteiger partial charge on any atom is -0.870 e. The molecule has 0 saturated heterocycles. The molecule has 0 saturated carbocycles. The van der Waals surface area contributed by atoms with E-state index in [1.54, 1.807) is 36.4 Å². The van der Waals surface area contributed by atoms with E-state index in [1.165, 1.54) is 48.5 Å². The van der Waals surface area contributed by atoms with Gasteiger partial charge in [0.25, 0.3) is 10.1 Å². The second kappa shape index (κ2) is 20.7. The number of rotatable bonds is 16. The molecule has 0 aliphatic carbocycles. The average molecular weight is 739 g/mol. The number of para-hydroxylation sites is 4.